The molecule has 0 saturated carbocycles. The fraction of sp³-hybridized carbons (Fsp3) is 0.182. The van der Waals surface area contributed by atoms with Gasteiger partial charge in [-0.15, -0.1) is 0 Å². The number of hydrogen-bond donors (Lipinski definition) is 0. The molecule has 0 spiro atoms. The van der Waals surface area contributed by atoms with Gasteiger partial charge >= 0.3 is 0 Å². The van der Waals surface area contributed by atoms with Gasteiger partial charge in [0.05, 0.1) is 12.0 Å². The largest absolute Gasteiger partial charge is 0.458 e. The van der Waals surface area contributed by atoms with Gasteiger partial charge in [0.15, 0.2) is 5.43 Å². The van der Waals surface area contributed by atoms with Crippen LogP contribution in [0.15, 0.2) is 33.5 Å². The van der Waals surface area contributed by atoms with Crippen LogP contribution in [0.3, 0.4) is 0 Å². The van der Waals surface area contributed by atoms with E-state index in [0.29, 0.717) is 18.0 Å². The van der Waals surface area contributed by atoms with Crippen LogP contribution < -0.4 is 5.43 Å². The van der Waals surface area contributed by atoms with Gasteiger partial charge in [0.25, 0.3) is 0 Å². The van der Waals surface area contributed by atoms with Gasteiger partial charge in [-0.2, -0.15) is 0 Å². The first-order chi connectivity index (χ1) is 7.24. The van der Waals surface area contributed by atoms with Crippen LogP contribution >= 0.6 is 0 Å². The van der Waals surface area contributed by atoms with Gasteiger partial charge in [-0.05, 0) is 18.2 Å². The molecule has 1 aliphatic rings. The second-order valence-corrected chi connectivity index (χ2v) is 3.48. The number of halogens is 1. The predicted molar refractivity (Wildman–Crippen MR) is 51.1 cm³/mol. The minimum Gasteiger partial charge on any atom is -0.458 e. The average molecular weight is 206 g/mol. The molecule has 0 amide bonds. The zero-order valence-electron chi connectivity index (χ0n) is 7.70. The van der Waals surface area contributed by atoms with Crippen molar-refractivity contribution in [1.82, 2.24) is 0 Å². The smallest absolute Gasteiger partial charge is 0.193 e. The van der Waals surface area contributed by atoms with Crippen LogP contribution in [0.25, 0.3) is 11.0 Å². The van der Waals surface area contributed by atoms with Crippen molar-refractivity contribution < 1.29 is 13.5 Å². The quantitative estimate of drug-likeness (QED) is 0.670. The first kappa shape index (κ1) is 8.61. The number of hydrogen-bond acceptors (Lipinski definition) is 3. The Labute approximate surface area is 84.1 Å². The van der Waals surface area contributed by atoms with Crippen molar-refractivity contribution in [2.45, 2.75) is 6.10 Å². The van der Waals surface area contributed by atoms with Gasteiger partial charge in [-0.3, -0.25) is 4.79 Å². The maximum absolute atomic E-state index is 12.9. The first-order valence-corrected chi connectivity index (χ1v) is 4.59. The van der Waals surface area contributed by atoms with E-state index in [1.807, 2.05) is 0 Å². The van der Waals surface area contributed by atoms with Crippen molar-refractivity contribution in [1.29, 1.82) is 0 Å². The molecule has 0 N–H and O–H groups in total. The zero-order valence-corrected chi connectivity index (χ0v) is 7.70. The van der Waals surface area contributed by atoms with Gasteiger partial charge in [-0.1, -0.05) is 0 Å². The van der Waals surface area contributed by atoms with E-state index in [2.05, 4.69) is 0 Å². The Hall–Kier alpha value is -1.68. The highest BCUT2D eigenvalue weighted by Gasteiger charge is 2.28. The maximum atomic E-state index is 12.9. The van der Waals surface area contributed by atoms with Crippen molar-refractivity contribution in [3.05, 3.63) is 46.1 Å². The summed E-state index contributed by atoms with van der Waals surface area (Å²) in [5.74, 6) is 0.0735. The summed E-state index contributed by atoms with van der Waals surface area (Å²) in [7, 11) is 0. The van der Waals surface area contributed by atoms with E-state index >= 15 is 0 Å². The van der Waals surface area contributed by atoms with Gasteiger partial charge < -0.3 is 9.15 Å². The van der Waals surface area contributed by atoms with E-state index in [4.69, 9.17) is 9.15 Å². The zero-order chi connectivity index (χ0) is 10.4. The number of ether oxygens (including phenoxy) is 1. The molecular weight excluding hydrogens is 199 g/mol. The van der Waals surface area contributed by atoms with Crippen molar-refractivity contribution in [3.63, 3.8) is 0 Å². The van der Waals surface area contributed by atoms with E-state index < -0.39 is 5.82 Å². The van der Waals surface area contributed by atoms with Crippen molar-refractivity contribution in [2.75, 3.05) is 6.61 Å². The Morgan fingerprint density at radius 3 is 2.87 bits per heavy atom. The topological polar surface area (TPSA) is 42.7 Å². The molecule has 1 atom stereocenters. The Kier molecular flexibility index (Phi) is 1.67. The molecule has 1 aromatic carbocycles. The molecule has 76 valence electrons. The molecule has 0 radical (unpaired) electrons. The van der Waals surface area contributed by atoms with Crippen molar-refractivity contribution >= 4 is 11.0 Å². The second-order valence-electron chi connectivity index (χ2n) is 3.48. The monoisotopic (exact) mass is 206 g/mol. The predicted octanol–water partition coefficient (Wildman–Crippen LogP) is 2.00. The summed E-state index contributed by atoms with van der Waals surface area (Å²) < 4.78 is 23.3. The highest BCUT2D eigenvalue weighted by atomic mass is 19.1. The normalized spacial score (nSPS) is 19.4. The number of benzene rings is 1. The lowest BCUT2D eigenvalue weighted by Gasteiger charge is -1.99. The third kappa shape index (κ3) is 1.43. The Bertz CT molecular complexity index is 584. The molecule has 1 saturated heterocycles. The van der Waals surface area contributed by atoms with E-state index in [1.54, 1.807) is 0 Å². The first-order valence-electron chi connectivity index (χ1n) is 4.59. The molecule has 1 aliphatic heterocycles. The third-order valence-corrected chi connectivity index (χ3v) is 2.36. The molecule has 4 heteroatoms. The standard InChI is InChI=1S/C11H7FO3/c12-6-1-2-9-7(3-6)8(13)4-10(15-9)11-5-14-11/h1-4,11H,5H2/t11-/m1/s1. The Morgan fingerprint density at radius 2 is 2.13 bits per heavy atom. The fourth-order valence-corrected chi connectivity index (χ4v) is 1.52. The van der Waals surface area contributed by atoms with Crippen LogP contribution in [-0.2, 0) is 4.74 Å². The summed E-state index contributed by atoms with van der Waals surface area (Å²) in [6.45, 7) is 0.579. The lowest BCUT2D eigenvalue weighted by atomic mass is 10.2. The summed E-state index contributed by atoms with van der Waals surface area (Å²) in [4.78, 5) is 11.6. The van der Waals surface area contributed by atoms with Crippen LogP contribution in [0.5, 0.6) is 0 Å². The number of fused-ring (bicyclic) bond motifs is 1. The molecule has 3 nitrogen and oxygen atoms in total. The van der Waals surface area contributed by atoms with E-state index in [0.717, 1.165) is 0 Å². The highest BCUT2D eigenvalue weighted by Crippen LogP contribution is 2.30. The lowest BCUT2D eigenvalue weighted by Crippen LogP contribution is -2.02. The molecule has 0 unspecified atom stereocenters. The molecule has 1 aromatic heterocycles. The van der Waals surface area contributed by atoms with E-state index in [1.165, 1.54) is 24.3 Å². The lowest BCUT2D eigenvalue weighted by molar-refractivity contribution is 0.374. The van der Waals surface area contributed by atoms with Gasteiger partial charge in [0.2, 0.25) is 0 Å². The van der Waals surface area contributed by atoms with Crippen molar-refractivity contribution in [2.24, 2.45) is 0 Å². The van der Waals surface area contributed by atoms with Gasteiger partial charge in [-0.25, -0.2) is 4.39 Å². The molecule has 3 rings (SSSR count). The second kappa shape index (κ2) is 2.90. The fourth-order valence-electron chi connectivity index (χ4n) is 1.52. The molecule has 0 bridgehead atoms. The highest BCUT2D eigenvalue weighted by molar-refractivity contribution is 5.76. The van der Waals surface area contributed by atoms with Gasteiger partial charge in [0.1, 0.15) is 23.3 Å². The maximum Gasteiger partial charge on any atom is 0.193 e. The molecule has 0 aliphatic carbocycles. The molecule has 2 aromatic rings. The van der Waals surface area contributed by atoms with Crippen molar-refractivity contribution in [3.8, 4) is 0 Å². The van der Waals surface area contributed by atoms with Crippen LogP contribution in [0.1, 0.15) is 11.9 Å². The minimum absolute atomic E-state index is 0.104. The molecule has 2 heterocycles. The van der Waals surface area contributed by atoms with Crippen LogP contribution in [0.2, 0.25) is 0 Å². The summed E-state index contributed by atoms with van der Waals surface area (Å²) >= 11 is 0. The average Bonchev–Trinajstić information content (AvgIpc) is 3.02. The molecule has 15 heavy (non-hydrogen) atoms. The minimum atomic E-state index is -0.440. The summed E-state index contributed by atoms with van der Waals surface area (Å²) in [6.07, 6.45) is -0.104. The molecule has 1 fully saturated rings. The summed E-state index contributed by atoms with van der Waals surface area (Å²) in [5, 5.41) is 0.263. The SMILES string of the molecule is O=c1cc([C@H]2CO2)oc2ccc(F)cc12. The molecular formula is C11H7FO3. The third-order valence-electron chi connectivity index (χ3n) is 2.36. The van der Waals surface area contributed by atoms with Gasteiger partial charge in [0, 0.05) is 6.07 Å². The van der Waals surface area contributed by atoms with Crippen LogP contribution in [0, 0.1) is 5.82 Å². The number of rotatable bonds is 1. The van der Waals surface area contributed by atoms with E-state index in [9.17, 15) is 9.18 Å². The Balaban J connectivity index is 2.31. The van der Waals surface area contributed by atoms with E-state index in [-0.39, 0.29) is 16.9 Å². The van der Waals surface area contributed by atoms with Crippen LogP contribution in [0.4, 0.5) is 4.39 Å². The van der Waals surface area contributed by atoms with Crippen LogP contribution in [-0.4, -0.2) is 6.61 Å². The summed E-state index contributed by atoms with van der Waals surface area (Å²) in [6, 6.07) is 5.26. The summed E-state index contributed by atoms with van der Waals surface area (Å²) in [5.41, 5.74) is 0.163. The Morgan fingerprint density at radius 1 is 1.33 bits per heavy atom. The number of epoxide rings is 1.